The fourth-order valence-corrected chi connectivity index (χ4v) is 4.07. The Hall–Kier alpha value is -0.610. The fraction of sp³-hybridized carbons (Fsp3) is 0.462. The van der Waals surface area contributed by atoms with Gasteiger partial charge in [-0.05, 0) is 25.7 Å². The highest BCUT2D eigenvalue weighted by Gasteiger charge is 2.14. The van der Waals surface area contributed by atoms with Gasteiger partial charge in [-0.25, -0.2) is 0 Å². The lowest BCUT2D eigenvalue weighted by Gasteiger charge is -2.13. The standard InChI is InChI=1S/C13H17NOS2/c1-9-7-14-11(10(2)13(9)15-3)8-17-12-5-4-6-16-12/h4,6-7,12H,5,8H2,1-3H3. The first kappa shape index (κ1) is 12.8. The average molecular weight is 267 g/mol. The van der Waals surface area contributed by atoms with Crippen LogP contribution in [0.25, 0.3) is 0 Å². The van der Waals surface area contributed by atoms with Crippen molar-refractivity contribution in [3.8, 4) is 5.75 Å². The van der Waals surface area contributed by atoms with Gasteiger partial charge in [0.1, 0.15) is 5.75 Å². The van der Waals surface area contributed by atoms with E-state index < -0.39 is 0 Å². The number of ether oxygens (including phenoxy) is 1. The molecule has 2 heterocycles. The zero-order chi connectivity index (χ0) is 12.3. The molecule has 1 unspecified atom stereocenters. The lowest BCUT2D eigenvalue weighted by atomic mass is 10.1. The summed E-state index contributed by atoms with van der Waals surface area (Å²) in [5.41, 5.74) is 3.43. The number of pyridine rings is 1. The van der Waals surface area contributed by atoms with Gasteiger partial charge >= 0.3 is 0 Å². The van der Waals surface area contributed by atoms with Crippen LogP contribution in [-0.2, 0) is 5.75 Å². The van der Waals surface area contributed by atoms with Gasteiger partial charge in [0.15, 0.2) is 0 Å². The number of rotatable bonds is 4. The molecular weight excluding hydrogens is 250 g/mol. The highest BCUT2D eigenvalue weighted by Crippen LogP contribution is 2.36. The van der Waals surface area contributed by atoms with Crippen LogP contribution in [0.4, 0.5) is 0 Å². The highest BCUT2D eigenvalue weighted by molar-refractivity contribution is 8.18. The smallest absolute Gasteiger partial charge is 0.128 e. The molecule has 2 nitrogen and oxygen atoms in total. The molecule has 0 fully saturated rings. The molecular formula is C13H17NOS2. The minimum absolute atomic E-state index is 0.656. The van der Waals surface area contributed by atoms with Gasteiger partial charge < -0.3 is 4.74 Å². The Labute approximate surface area is 111 Å². The minimum atomic E-state index is 0.656. The molecule has 0 saturated heterocycles. The van der Waals surface area contributed by atoms with Gasteiger partial charge in [-0.15, -0.1) is 23.5 Å². The molecule has 1 aliphatic rings. The molecule has 4 heteroatoms. The predicted molar refractivity (Wildman–Crippen MR) is 76.7 cm³/mol. The van der Waals surface area contributed by atoms with Crippen molar-refractivity contribution in [1.29, 1.82) is 0 Å². The second-order valence-electron chi connectivity index (χ2n) is 4.03. The monoisotopic (exact) mass is 267 g/mol. The molecule has 0 amide bonds. The molecule has 0 spiro atoms. The summed E-state index contributed by atoms with van der Waals surface area (Å²) in [7, 11) is 1.73. The summed E-state index contributed by atoms with van der Waals surface area (Å²) in [6.45, 7) is 4.13. The largest absolute Gasteiger partial charge is 0.496 e. The van der Waals surface area contributed by atoms with Gasteiger partial charge in [0.05, 0.1) is 17.4 Å². The van der Waals surface area contributed by atoms with Crippen LogP contribution >= 0.6 is 23.5 Å². The lowest BCUT2D eigenvalue weighted by Crippen LogP contribution is -2.00. The summed E-state index contributed by atoms with van der Waals surface area (Å²) in [6, 6.07) is 0. The van der Waals surface area contributed by atoms with E-state index in [9.17, 15) is 0 Å². The third-order valence-corrected chi connectivity index (χ3v) is 5.40. The van der Waals surface area contributed by atoms with Crippen LogP contribution in [0.15, 0.2) is 17.7 Å². The number of hydrogen-bond donors (Lipinski definition) is 0. The van der Waals surface area contributed by atoms with Crippen molar-refractivity contribution in [3.05, 3.63) is 34.5 Å². The minimum Gasteiger partial charge on any atom is -0.496 e. The van der Waals surface area contributed by atoms with Crippen molar-refractivity contribution < 1.29 is 4.74 Å². The van der Waals surface area contributed by atoms with Crippen LogP contribution in [0.3, 0.4) is 0 Å². The zero-order valence-electron chi connectivity index (χ0n) is 10.4. The molecule has 1 aliphatic heterocycles. The summed E-state index contributed by atoms with van der Waals surface area (Å²) in [4.78, 5) is 4.52. The maximum atomic E-state index is 5.42. The van der Waals surface area contributed by atoms with Crippen molar-refractivity contribution in [3.63, 3.8) is 0 Å². The predicted octanol–water partition coefficient (Wildman–Crippen LogP) is 3.92. The number of aryl methyl sites for hydroxylation is 1. The normalized spacial score (nSPS) is 18.6. The first-order valence-corrected chi connectivity index (χ1v) is 7.62. The molecule has 1 aromatic rings. The van der Waals surface area contributed by atoms with Gasteiger partial charge in [-0.1, -0.05) is 6.08 Å². The number of allylic oxidation sites excluding steroid dienone is 1. The molecule has 1 aromatic heterocycles. The number of hydrogen-bond acceptors (Lipinski definition) is 4. The number of aromatic nitrogens is 1. The van der Waals surface area contributed by atoms with Crippen molar-refractivity contribution >= 4 is 23.5 Å². The Morgan fingerprint density at radius 3 is 3.00 bits per heavy atom. The van der Waals surface area contributed by atoms with Gasteiger partial charge in [0.25, 0.3) is 0 Å². The van der Waals surface area contributed by atoms with Crippen LogP contribution in [0.1, 0.15) is 23.2 Å². The number of thioether (sulfide) groups is 2. The Morgan fingerprint density at radius 1 is 1.53 bits per heavy atom. The van der Waals surface area contributed by atoms with E-state index in [1.807, 2.05) is 36.6 Å². The van der Waals surface area contributed by atoms with E-state index in [0.29, 0.717) is 4.58 Å². The molecule has 1 atom stereocenters. The van der Waals surface area contributed by atoms with E-state index in [-0.39, 0.29) is 0 Å². The molecule has 92 valence electrons. The van der Waals surface area contributed by atoms with Gasteiger partial charge in [-0.3, -0.25) is 4.98 Å². The summed E-state index contributed by atoms with van der Waals surface area (Å²) in [5, 5.41) is 2.19. The molecule has 0 saturated carbocycles. The van der Waals surface area contributed by atoms with E-state index in [2.05, 4.69) is 23.4 Å². The summed E-state index contributed by atoms with van der Waals surface area (Å²) < 4.78 is 6.08. The lowest BCUT2D eigenvalue weighted by molar-refractivity contribution is 0.407. The summed E-state index contributed by atoms with van der Waals surface area (Å²) >= 11 is 3.86. The molecule has 0 aliphatic carbocycles. The Kier molecular flexibility index (Phi) is 4.40. The van der Waals surface area contributed by atoms with E-state index >= 15 is 0 Å². The molecule has 0 radical (unpaired) electrons. The van der Waals surface area contributed by atoms with E-state index in [1.165, 1.54) is 5.56 Å². The Morgan fingerprint density at radius 2 is 2.35 bits per heavy atom. The Bertz CT molecular complexity index is 424. The molecule has 2 rings (SSSR count). The summed E-state index contributed by atoms with van der Waals surface area (Å²) in [6.07, 6.45) is 5.30. The number of nitrogens with zero attached hydrogens (tertiary/aromatic N) is 1. The number of methoxy groups -OCH3 is 1. The van der Waals surface area contributed by atoms with Gasteiger partial charge in [0, 0.05) is 23.1 Å². The van der Waals surface area contributed by atoms with Crippen molar-refractivity contribution in [2.45, 2.75) is 30.6 Å². The topological polar surface area (TPSA) is 22.1 Å². The molecule has 0 N–H and O–H groups in total. The third-order valence-electron chi connectivity index (χ3n) is 2.81. The summed E-state index contributed by atoms with van der Waals surface area (Å²) in [5.74, 6) is 1.94. The van der Waals surface area contributed by atoms with Crippen LogP contribution < -0.4 is 4.74 Å². The van der Waals surface area contributed by atoms with Crippen LogP contribution in [0.5, 0.6) is 5.75 Å². The van der Waals surface area contributed by atoms with Crippen LogP contribution in [0.2, 0.25) is 0 Å². The van der Waals surface area contributed by atoms with E-state index in [4.69, 9.17) is 4.74 Å². The van der Waals surface area contributed by atoms with Gasteiger partial charge in [-0.2, -0.15) is 0 Å². The first-order valence-electron chi connectivity index (χ1n) is 5.63. The second kappa shape index (κ2) is 5.83. The van der Waals surface area contributed by atoms with Crippen molar-refractivity contribution in [1.82, 2.24) is 4.98 Å². The quantitative estimate of drug-likeness (QED) is 0.824. The molecule has 0 aromatic carbocycles. The molecule has 17 heavy (non-hydrogen) atoms. The van der Waals surface area contributed by atoms with E-state index in [1.54, 1.807) is 7.11 Å². The van der Waals surface area contributed by atoms with Gasteiger partial charge in [0.2, 0.25) is 0 Å². The van der Waals surface area contributed by atoms with Crippen molar-refractivity contribution in [2.75, 3.05) is 7.11 Å². The van der Waals surface area contributed by atoms with Crippen LogP contribution in [0, 0.1) is 13.8 Å². The van der Waals surface area contributed by atoms with Crippen molar-refractivity contribution in [2.24, 2.45) is 0 Å². The first-order chi connectivity index (χ1) is 8.22. The fourth-order valence-electron chi connectivity index (χ4n) is 1.86. The van der Waals surface area contributed by atoms with E-state index in [0.717, 1.165) is 29.2 Å². The van der Waals surface area contributed by atoms with Crippen LogP contribution in [-0.4, -0.2) is 16.7 Å². The maximum Gasteiger partial charge on any atom is 0.128 e. The molecule has 0 bridgehead atoms. The second-order valence-corrected chi connectivity index (χ2v) is 6.63. The third kappa shape index (κ3) is 2.99. The highest BCUT2D eigenvalue weighted by atomic mass is 32.2. The zero-order valence-corrected chi connectivity index (χ0v) is 12.0. The Balaban J connectivity index is 2.05. The SMILES string of the molecule is COc1c(C)cnc(CSC2CC=CS2)c1C. The average Bonchev–Trinajstić information content (AvgIpc) is 2.82. The maximum absolute atomic E-state index is 5.42.